The molecule has 66 valence electrons. The third kappa shape index (κ3) is 2.50. The molecule has 0 atom stereocenters. The Morgan fingerprint density at radius 2 is 2.00 bits per heavy atom. The highest BCUT2D eigenvalue weighted by Crippen LogP contribution is 2.07. The van der Waals surface area contributed by atoms with E-state index in [9.17, 15) is 0 Å². The molecule has 0 aliphatic carbocycles. The standard InChI is InChI=1S/C6H10ClN5/c1-3(2)9-6-11-4(7)10-5(8)12-6/h3H,1-2H3,(H3,8,9,10,11,12)/i8+1. The Balaban J connectivity index is 2.85. The first kappa shape index (κ1) is 8.99. The number of rotatable bonds is 2. The van der Waals surface area contributed by atoms with Crippen LogP contribution < -0.4 is 11.1 Å². The molecule has 0 fully saturated rings. The monoisotopic (exact) mass is 188 g/mol. The highest BCUT2D eigenvalue weighted by molar-refractivity contribution is 6.28. The van der Waals surface area contributed by atoms with Crippen molar-refractivity contribution in [1.82, 2.24) is 15.0 Å². The molecular formula is C6H10ClN5. The minimum atomic E-state index is 0.102. The average molecular weight is 189 g/mol. The van der Waals surface area contributed by atoms with Gasteiger partial charge in [0, 0.05) is 6.04 Å². The van der Waals surface area contributed by atoms with Crippen LogP contribution in [0.5, 0.6) is 0 Å². The van der Waals surface area contributed by atoms with Crippen molar-refractivity contribution in [2.24, 2.45) is 0 Å². The molecule has 0 aromatic carbocycles. The maximum Gasteiger partial charge on any atom is 0.228 e. The highest BCUT2D eigenvalue weighted by Gasteiger charge is 2.02. The summed E-state index contributed by atoms with van der Waals surface area (Å²) < 4.78 is 0. The van der Waals surface area contributed by atoms with Crippen LogP contribution in [0.15, 0.2) is 0 Å². The molecule has 1 rings (SSSR count). The Labute approximate surface area is 75.4 Å². The third-order valence-corrected chi connectivity index (χ3v) is 1.21. The molecule has 0 aliphatic heterocycles. The minimum absolute atomic E-state index is 0.102. The first-order valence-electron chi connectivity index (χ1n) is 3.51. The Hall–Kier alpha value is -1.10. The predicted octanol–water partition coefficient (Wildman–Crippen LogP) is 0.927. The molecule has 0 aliphatic rings. The number of halogens is 1. The Morgan fingerprint density at radius 1 is 1.33 bits per heavy atom. The normalized spacial score (nSPS) is 10.3. The van der Waals surface area contributed by atoms with Gasteiger partial charge in [0.1, 0.15) is 0 Å². The first-order chi connectivity index (χ1) is 5.58. The van der Waals surface area contributed by atoms with E-state index < -0.39 is 0 Å². The molecule has 1 heterocycles. The SMILES string of the molecule is CC(C)Nc1nc([15NH2])nc(Cl)n1. The molecule has 3 N–H and O–H groups in total. The molecule has 0 radical (unpaired) electrons. The Bertz CT molecular complexity index is 254. The van der Waals surface area contributed by atoms with Crippen molar-refractivity contribution in [1.29, 1.82) is 0 Å². The summed E-state index contributed by atoms with van der Waals surface area (Å²) in [6, 6.07) is 0.239. The molecule has 6 heteroatoms. The number of nitrogens with zero attached hydrogens (tertiary/aromatic N) is 3. The van der Waals surface area contributed by atoms with Crippen molar-refractivity contribution in [2.75, 3.05) is 11.1 Å². The fourth-order valence-electron chi connectivity index (χ4n) is 0.688. The number of hydrogen-bond donors (Lipinski definition) is 2. The molecule has 0 amide bonds. The second kappa shape index (κ2) is 3.53. The number of nitrogen functional groups attached to an aromatic ring is 1. The lowest BCUT2D eigenvalue weighted by molar-refractivity contribution is 0.869. The fraction of sp³-hybridized carbons (Fsp3) is 0.500. The lowest BCUT2D eigenvalue weighted by Gasteiger charge is -2.07. The molecule has 0 saturated heterocycles. The maximum absolute atomic E-state index is 5.55. The molecule has 0 saturated carbocycles. The first-order valence-corrected chi connectivity index (χ1v) is 3.89. The van der Waals surface area contributed by atoms with Gasteiger partial charge in [-0.3, -0.25) is 0 Å². The molecule has 1 aromatic heterocycles. The maximum atomic E-state index is 5.55. The van der Waals surface area contributed by atoms with E-state index in [0.29, 0.717) is 5.95 Å². The van der Waals surface area contributed by atoms with Gasteiger partial charge in [-0.15, -0.1) is 0 Å². The van der Waals surface area contributed by atoms with Crippen molar-refractivity contribution < 1.29 is 0 Å². The molecule has 0 spiro atoms. The average Bonchev–Trinajstić information content (AvgIpc) is 1.81. The molecule has 0 bridgehead atoms. The zero-order valence-corrected chi connectivity index (χ0v) is 7.63. The zero-order chi connectivity index (χ0) is 9.14. The van der Waals surface area contributed by atoms with Crippen LogP contribution in [0, 0.1) is 0 Å². The van der Waals surface area contributed by atoms with E-state index in [1.807, 2.05) is 13.8 Å². The number of nitrogens with one attached hydrogen (secondary N) is 1. The van der Waals surface area contributed by atoms with Crippen LogP contribution in [0.3, 0.4) is 0 Å². The number of anilines is 2. The Morgan fingerprint density at radius 3 is 2.50 bits per heavy atom. The van der Waals surface area contributed by atoms with Gasteiger partial charge in [0.05, 0.1) is 0 Å². The molecular weight excluding hydrogens is 179 g/mol. The van der Waals surface area contributed by atoms with Gasteiger partial charge in [0.25, 0.3) is 0 Å². The molecule has 5 nitrogen and oxygen atoms in total. The lowest BCUT2D eigenvalue weighted by Crippen LogP contribution is -2.13. The highest BCUT2D eigenvalue weighted by atomic mass is 35.5. The molecule has 12 heavy (non-hydrogen) atoms. The summed E-state index contributed by atoms with van der Waals surface area (Å²) in [6.45, 7) is 3.93. The van der Waals surface area contributed by atoms with Gasteiger partial charge < -0.3 is 11.1 Å². The van der Waals surface area contributed by atoms with E-state index in [1.54, 1.807) is 0 Å². The van der Waals surface area contributed by atoms with E-state index in [-0.39, 0.29) is 17.3 Å². The third-order valence-electron chi connectivity index (χ3n) is 1.04. The van der Waals surface area contributed by atoms with Gasteiger partial charge in [-0.25, -0.2) is 0 Å². The number of aromatic nitrogens is 3. The van der Waals surface area contributed by atoms with Crippen molar-refractivity contribution in [2.45, 2.75) is 19.9 Å². The van der Waals surface area contributed by atoms with Gasteiger partial charge >= 0.3 is 0 Å². The van der Waals surface area contributed by atoms with Gasteiger partial charge in [-0.2, -0.15) is 15.0 Å². The van der Waals surface area contributed by atoms with Gasteiger partial charge in [0.15, 0.2) is 0 Å². The van der Waals surface area contributed by atoms with Crippen molar-refractivity contribution in [3.8, 4) is 0 Å². The van der Waals surface area contributed by atoms with Crippen LogP contribution in [0.4, 0.5) is 11.9 Å². The van der Waals surface area contributed by atoms with Crippen LogP contribution in [-0.4, -0.2) is 21.0 Å². The lowest BCUT2D eigenvalue weighted by atomic mass is 10.4. The summed E-state index contributed by atoms with van der Waals surface area (Å²) in [6.07, 6.45) is 0. The second-order valence-corrected chi connectivity index (χ2v) is 2.92. The van der Waals surface area contributed by atoms with E-state index in [4.69, 9.17) is 17.3 Å². The molecule has 1 aromatic rings. The fourth-order valence-corrected chi connectivity index (χ4v) is 0.855. The second-order valence-electron chi connectivity index (χ2n) is 2.59. The van der Waals surface area contributed by atoms with Crippen LogP contribution >= 0.6 is 11.6 Å². The van der Waals surface area contributed by atoms with E-state index in [1.165, 1.54) is 0 Å². The summed E-state index contributed by atoms with van der Waals surface area (Å²) in [5.41, 5.74) is 5.35. The van der Waals surface area contributed by atoms with Gasteiger partial charge in [-0.05, 0) is 25.4 Å². The van der Waals surface area contributed by atoms with Gasteiger partial charge in [-0.1, -0.05) is 0 Å². The van der Waals surface area contributed by atoms with Crippen LogP contribution in [-0.2, 0) is 0 Å². The topological polar surface area (TPSA) is 76.7 Å². The van der Waals surface area contributed by atoms with Crippen molar-refractivity contribution in [3.05, 3.63) is 5.28 Å². The summed E-state index contributed by atoms with van der Waals surface area (Å²) in [5, 5.41) is 3.06. The summed E-state index contributed by atoms with van der Waals surface area (Å²) in [5.74, 6) is 0.528. The quantitative estimate of drug-likeness (QED) is 0.676. The van der Waals surface area contributed by atoms with E-state index in [0.717, 1.165) is 0 Å². The van der Waals surface area contributed by atoms with E-state index in [2.05, 4.69) is 20.3 Å². The van der Waals surface area contributed by atoms with Gasteiger partial charge in [0.2, 0.25) is 17.2 Å². The summed E-state index contributed by atoms with van der Waals surface area (Å²) >= 11 is 5.55. The van der Waals surface area contributed by atoms with Crippen LogP contribution in [0.2, 0.25) is 5.28 Å². The minimum Gasteiger partial charge on any atom is -0.368 e. The van der Waals surface area contributed by atoms with E-state index >= 15 is 0 Å². The number of nitrogens with two attached hydrogens (primary N) is 1. The van der Waals surface area contributed by atoms with Crippen LogP contribution in [0.1, 0.15) is 13.8 Å². The van der Waals surface area contributed by atoms with Crippen molar-refractivity contribution in [3.63, 3.8) is 0 Å². The molecule has 0 unspecified atom stereocenters. The predicted molar refractivity (Wildman–Crippen MR) is 48.0 cm³/mol. The van der Waals surface area contributed by atoms with Crippen molar-refractivity contribution >= 4 is 23.5 Å². The Kier molecular flexibility index (Phi) is 2.65. The summed E-state index contributed by atoms with van der Waals surface area (Å²) in [7, 11) is 0. The van der Waals surface area contributed by atoms with Crippen LogP contribution in [0.25, 0.3) is 0 Å². The number of hydrogen-bond acceptors (Lipinski definition) is 5. The largest absolute Gasteiger partial charge is 0.368 e. The summed E-state index contributed by atoms with van der Waals surface area (Å²) in [4.78, 5) is 11.3. The zero-order valence-electron chi connectivity index (χ0n) is 6.87. The smallest absolute Gasteiger partial charge is 0.228 e.